The van der Waals surface area contributed by atoms with Crippen LogP contribution in [0.2, 0.25) is 0 Å². The molecule has 0 fully saturated rings. The minimum atomic E-state index is -0.641. The number of hydrogen-bond acceptors (Lipinski definition) is 8. The molecule has 0 atom stereocenters. The molecule has 2 aromatic carbocycles. The maximum absolute atomic E-state index is 12.5. The summed E-state index contributed by atoms with van der Waals surface area (Å²) >= 11 is 0. The Morgan fingerprint density at radius 1 is 0.853 bits per heavy atom. The minimum absolute atomic E-state index is 0.179. The van der Waals surface area contributed by atoms with E-state index in [1.807, 2.05) is 0 Å². The van der Waals surface area contributed by atoms with Crippen molar-refractivity contribution in [3.63, 3.8) is 0 Å². The molecule has 2 rings (SSSR count). The van der Waals surface area contributed by atoms with Crippen molar-refractivity contribution >= 4 is 35.2 Å². The molecule has 0 aliphatic rings. The highest BCUT2D eigenvalue weighted by Crippen LogP contribution is 2.35. The van der Waals surface area contributed by atoms with Crippen LogP contribution in [0.1, 0.15) is 18.9 Å². The summed E-state index contributed by atoms with van der Waals surface area (Å²) in [5, 5.41) is 5.29. The van der Waals surface area contributed by atoms with Crippen LogP contribution in [-0.2, 0) is 19.1 Å². The van der Waals surface area contributed by atoms with Gasteiger partial charge in [-0.25, -0.2) is 0 Å². The summed E-state index contributed by atoms with van der Waals surface area (Å²) in [5.41, 5.74) is 1.25. The van der Waals surface area contributed by atoms with Crippen LogP contribution in [0.4, 0.5) is 11.4 Å². The molecule has 0 aromatic heterocycles. The normalized spacial score (nSPS) is 10.4. The number of carbonyl (C=O) groups excluding carboxylic acids is 3. The lowest BCUT2D eigenvalue weighted by Gasteiger charge is -2.13. The number of hydrogen-bond donors (Lipinski definition) is 2. The molecule has 2 amide bonds. The molecule has 0 bridgehead atoms. The van der Waals surface area contributed by atoms with Gasteiger partial charge in [-0.3, -0.25) is 14.4 Å². The molecule has 10 nitrogen and oxygen atoms in total. The number of amides is 2. The molecule has 0 saturated carbocycles. The Kier molecular flexibility index (Phi) is 9.75. The first-order chi connectivity index (χ1) is 16.3. The Morgan fingerprint density at radius 3 is 2.06 bits per heavy atom. The molecular formula is C24H28N2O8. The number of nitrogens with one attached hydrogen (secondary N) is 2. The van der Waals surface area contributed by atoms with Gasteiger partial charge in [0.05, 0.1) is 46.3 Å². The topological polar surface area (TPSA) is 121 Å². The Bertz CT molecular complexity index is 1040. The van der Waals surface area contributed by atoms with Crippen molar-refractivity contribution in [1.82, 2.24) is 0 Å². The molecule has 0 heterocycles. The lowest BCUT2D eigenvalue weighted by molar-refractivity contribution is -0.145. The average Bonchev–Trinajstić information content (AvgIpc) is 2.82. The lowest BCUT2D eigenvalue weighted by Crippen LogP contribution is -2.18. The number of carbonyl (C=O) groups is 3. The van der Waals surface area contributed by atoms with Gasteiger partial charge in [0.1, 0.15) is 29.4 Å². The Balaban J connectivity index is 2.17. The van der Waals surface area contributed by atoms with E-state index >= 15 is 0 Å². The van der Waals surface area contributed by atoms with Crippen LogP contribution in [-0.4, -0.2) is 52.8 Å². The van der Waals surface area contributed by atoms with Crippen LogP contribution in [0, 0.1) is 0 Å². The quantitative estimate of drug-likeness (QED) is 0.290. The monoisotopic (exact) mass is 472 g/mol. The lowest BCUT2D eigenvalue weighted by atomic mass is 10.1. The maximum atomic E-state index is 12.5. The second-order valence-electron chi connectivity index (χ2n) is 6.71. The summed E-state index contributed by atoms with van der Waals surface area (Å²) in [5.74, 6) is 0.197. The summed E-state index contributed by atoms with van der Waals surface area (Å²) in [7, 11) is 5.97. The molecule has 2 N–H and O–H groups in total. The highest BCUT2D eigenvalue weighted by atomic mass is 16.5. The van der Waals surface area contributed by atoms with E-state index in [-0.39, 0.29) is 12.3 Å². The third-order valence-electron chi connectivity index (χ3n) is 4.51. The van der Waals surface area contributed by atoms with Gasteiger partial charge in [0.25, 0.3) is 0 Å². The highest BCUT2D eigenvalue weighted by molar-refractivity contribution is 6.05. The van der Waals surface area contributed by atoms with Crippen molar-refractivity contribution in [2.45, 2.75) is 13.3 Å². The smallest absolute Gasteiger partial charge is 0.315 e. The molecule has 182 valence electrons. The van der Waals surface area contributed by atoms with Crippen molar-refractivity contribution < 1.29 is 38.1 Å². The predicted octanol–water partition coefficient (Wildman–Crippen LogP) is 3.26. The van der Waals surface area contributed by atoms with Crippen LogP contribution in [0.15, 0.2) is 36.4 Å². The van der Waals surface area contributed by atoms with E-state index in [1.165, 1.54) is 40.6 Å². The Hall–Kier alpha value is -4.21. The number of rotatable bonds is 11. The van der Waals surface area contributed by atoms with Gasteiger partial charge in [0.2, 0.25) is 11.8 Å². The summed E-state index contributed by atoms with van der Waals surface area (Å²) < 4.78 is 26.0. The molecule has 0 saturated heterocycles. The van der Waals surface area contributed by atoms with Crippen LogP contribution in [0.3, 0.4) is 0 Å². The van der Waals surface area contributed by atoms with Crippen molar-refractivity contribution in [3.8, 4) is 23.0 Å². The highest BCUT2D eigenvalue weighted by Gasteiger charge is 2.14. The first-order valence-corrected chi connectivity index (χ1v) is 10.3. The standard InChI is InChI=1S/C24H28N2O8/c1-6-34-24(29)14-23(28)26-18-11-15(7-9-19(18)31-3)25-22(27)10-8-17-20(32-4)12-16(30-2)13-21(17)33-5/h7-13H,6,14H2,1-5H3,(H,25,27)(H,26,28). The molecular weight excluding hydrogens is 444 g/mol. The SMILES string of the molecule is CCOC(=O)CC(=O)Nc1cc(NC(=O)C=Cc2c(OC)cc(OC)cc2OC)ccc1OC. The fourth-order valence-electron chi connectivity index (χ4n) is 2.96. The Labute approximate surface area is 197 Å². The number of methoxy groups -OCH3 is 4. The van der Waals surface area contributed by atoms with Gasteiger partial charge in [-0.1, -0.05) is 0 Å². The van der Waals surface area contributed by atoms with Gasteiger partial charge in [0.15, 0.2) is 0 Å². The average molecular weight is 472 g/mol. The van der Waals surface area contributed by atoms with E-state index in [4.69, 9.17) is 23.7 Å². The second kappa shape index (κ2) is 12.7. The van der Waals surface area contributed by atoms with Crippen LogP contribution < -0.4 is 29.6 Å². The molecule has 2 aromatic rings. The zero-order chi connectivity index (χ0) is 25.1. The predicted molar refractivity (Wildman–Crippen MR) is 127 cm³/mol. The van der Waals surface area contributed by atoms with Crippen molar-refractivity contribution in [1.29, 1.82) is 0 Å². The van der Waals surface area contributed by atoms with Crippen LogP contribution in [0.25, 0.3) is 6.08 Å². The molecule has 34 heavy (non-hydrogen) atoms. The van der Waals surface area contributed by atoms with E-state index in [0.29, 0.717) is 34.2 Å². The van der Waals surface area contributed by atoms with E-state index < -0.39 is 24.2 Å². The third kappa shape index (κ3) is 7.16. The van der Waals surface area contributed by atoms with Gasteiger partial charge >= 0.3 is 5.97 Å². The van der Waals surface area contributed by atoms with Crippen molar-refractivity contribution in [3.05, 3.63) is 42.0 Å². The first-order valence-electron chi connectivity index (χ1n) is 10.3. The fraction of sp³-hybridized carbons (Fsp3) is 0.292. The van der Waals surface area contributed by atoms with Crippen LogP contribution >= 0.6 is 0 Å². The van der Waals surface area contributed by atoms with E-state index in [2.05, 4.69) is 10.6 Å². The molecule has 0 spiro atoms. The minimum Gasteiger partial charge on any atom is -0.496 e. The van der Waals surface area contributed by atoms with E-state index in [1.54, 1.807) is 37.3 Å². The molecule has 0 aliphatic heterocycles. The largest absolute Gasteiger partial charge is 0.496 e. The maximum Gasteiger partial charge on any atom is 0.315 e. The van der Waals surface area contributed by atoms with Crippen LogP contribution in [0.5, 0.6) is 23.0 Å². The summed E-state index contributed by atoms with van der Waals surface area (Å²) in [4.78, 5) is 36.2. The van der Waals surface area contributed by atoms with Gasteiger partial charge < -0.3 is 34.3 Å². The molecule has 10 heteroatoms. The fourth-order valence-corrected chi connectivity index (χ4v) is 2.96. The van der Waals surface area contributed by atoms with E-state index in [0.717, 1.165) is 0 Å². The zero-order valence-electron chi connectivity index (χ0n) is 19.7. The molecule has 0 radical (unpaired) electrons. The summed E-state index contributed by atoms with van der Waals surface area (Å²) in [6, 6.07) is 8.06. The number of esters is 1. The van der Waals surface area contributed by atoms with E-state index in [9.17, 15) is 14.4 Å². The second-order valence-corrected chi connectivity index (χ2v) is 6.71. The summed E-state index contributed by atoms with van der Waals surface area (Å²) in [6.45, 7) is 1.83. The van der Waals surface area contributed by atoms with Gasteiger partial charge in [0, 0.05) is 23.9 Å². The molecule has 0 unspecified atom stereocenters. The zero-order valence-corrected chi connectivity index (χ0v) is 19.7. The third-order valence-corrected chi connectivity index (χ3v) is 4.51. The number of ether oxygens (including phenoxy) is 5. The van der Waals surface area contributed by atoms with Gasteiger partial charge in [-0.2, -0.15) is 0 Å². The number of benzene rings is 2. The molecule has 0 aliphatic carbocycles. The number of anilines is 2. The van der Waals surface area contributed by atoms with Gasteiger partial charge in [-0.15, -0.1) is 0 Å². The van der Waals surface area contributed by atoms with Gasteiger partial charge in [-0.05, 0) is 31.2 Å². The first kappa shape index (κ1) is 26.0. The Morgan fingerprint density at radius 2 is 1.50 bits per heavy atom. The van der Waals surface area contributed by atoms with Crippen molar-refractivity contribution in [2.24, 2.45) is 0 Å². The van der Waals surface area contributed by atoms with Crippen molar-refractivity contribution in [2.75, 3.05) is 45.7 Å². The summed E-state index contributed by atoms with van der Waals surface area (Å²) in [6.07, 6.45) is 2.43.